The summed E-state index contributed by atoms with van der Waals surface area (Å²) in [6.45, 7) is 7.35. The van der Waals surface area contributed by atoms with Gasteiger partial charge < -0.3 is 14.5 Å². The second kappa shape index (κ2) is 7.80. The van der Waals surface area contributed by atoms with Gasteiger partial charge in [0.15, 0.2) is 0 Å². The van der Waals surface area contributed by atoms with E-state index in [1.807, 2.05) is 44.2 Å². The van der Waals surface area contributed by atoms with Crippen molar-refractivity contribution in [3.05, 3.63) is 58.9 Å². The molecular formula is C21H23N3O4. The van der Waals surface area contributed by atoms with Gasteiger partial charge in [0, 0.05) is 12.2 Å². The number of fused-ring (bicyclic) bond motifs is 1. The lowest BCUT2D eigenvalue weighted by Crippen LogP contribution is -2.42. The van der Waals surface area contributed by atoms with Gasteiger partial charge in [-0.1, -0.05) is 49.3 Å². The van der Waals surface area contributed by atoms with Gasteiger partial charge in [0.2, 0.25) is 0 Å². The molecule has 3 rings (SSSR count). The first kappa shape index (κ1) is 19.5. The number of hydrogen-bond donors (Lipinski definition) is 1. The minimum atomic E-state index is -1.07. The predicted molar refractivity (Wildman–Crippen MR) is 104 cm³/mol. The summed E-state index contributed by atoms with van der Waals surface area (Å²) >= 11 is 0. The molecule has 0 saturated heterocycles. The third-order valence-corrected chi connectivity index (χ3v) is 4.74. The zero-order valence-electron chi connectivity index (χ0n) is 16.3. The highest BCUT2D eigenvalue weighted by molar-refractivity contribution is 6.07. The fourth-order valence-electron chi connectivity index (χ4n) is 3.03. The van der Waals surface area contributed by atoms with Crippen molar-refractivity contribution in [2.75, 3.05) is 0 Å². The molecule has 1 amide bonds. The first-order chi connectivity index (χ1) is 13.3. The predicted octanol–water partition coefficient (Wildman–Crippen LogP) is 3.77. The maximum atomic E-state index is 13.5. The maximum Gasteiger partial charge on any atom is 0.326 e. The molecule has 146 valence electrons. The Morgan fingerprint density at radius 3 is 2.46 bits per heavy atom. The van der Waals surface area contributed by atoms with E-state index in [0.29, 0.717) is 22.3 Å². The van der Waals surface area contributed by atoms with Gasteiger partial charge in [-0.05, 0) is 31.4 Å². The van der Waals surface area contributed by atoms with Gasteiger partial charge in [-0.2, -0.15) is 0 Å². The lowest BCUT2D eigenvalue weighted by Gasteiger charge is -2.27. The van der Waals surface area contributed by atoms with E-state index in [2.05, 4.69) is 10.1 Å². The molecule has 0 aliphatic rings. The van der Waals surface area contributed by atoms with Crippen molar-refractivity contribution in [3.63, 3.8) is 0 Å². The number of benzene rings is 1. The highest BCUT2D eigenvalue weighted by atomic mass is 16.5. The van der Waals surface area contributed by atoms with Crippen LogP contribution in [-0.2, 0) is 11.3 Å². The number of carboxylic acids is 1. The van der Waals surface area contributed by atoms with Crippen molar-refractivity contribution in [1.82, 2.24) is 15.0 Å². The van der Waals surface area contributed by atoms with Crippen molar-refractivity contribution < 1.29 is 19.2 Å². The summed E-state index contributed by atoms with van der Waals surface area (Å²) in [6.07, 6.45) is 0. The number of amides is 1. The molecule has 0 saturated carbocycles. The molecule has 0 spiro atoms. The zero-order valence-corrected chi connectivity index (χ0v) is 16.3. The summed E-state index contributed by atoms with van der Waals surface area (Å²) in [4.78, 5) is 31.0. The van der Waals surface area contributed by atoms with E-state index < -0.39 is 12.0 Å². The second-order valence-electron chi connectivity index (χ2n) is 7.13. The van der Waals surface area contributed by atoms with Crippen LogP contribution in [0.15, 0.2) is 40.9 Å². The lowest BCUT2D eigenvalue weighted by atomic mass is 10.0. The standard InChI is InChI=1S/C21H23N3O4/c1-12(2)17-10-16(18-13(3)23-28-19(18)22-17)20(25)24(14(4)21(26)27)11-15-8-6-5-7-9-15/h5-10,12,14H,11H2,1-4H3,(H,26,27). The minimum Gasteiger partial charge on any atom is -0.480 e. The van der Waals surface area contributed by atoms with Crippen LogP contribution < -0.4 is 0 Å². The summed E-state index contributed by atoms with van der Waals surface area (Å²) in [5, 5.41) is 14.0. The zero-order chi connectivity index (χ0) is 20.4. The number of hydrogen-bond acceptors (Lipinski definition) is 5. The molecule has 1 unspecified atom stereocenters. The molecular weight excluding hydrogens is 358 g/mol. The molecule has 1 N–H and O–H groups in total. The van der Waals surface area contributed by atoms with Crippen LogP contribution in [0.4, 0.5) is 0 Å². The molecule has 1 atom stereocenters. The first-order valence-corrected chi connectivity index (χ1v) is 9.14. The van der Waals surface area contributed by atoms with E-state index in [9.17, 15) is 14.7 Å². The second-order valence-corrected chi connectivity index (χ2v) is 7.13. The SMILES string of the molecule is Cc1noc2nc(C(C)C)cc(C(=O)N(Cc3ccccc3)C(C)C(=O)O)c12. The Morgan fingerprint density at radius 2 is 1.86 bits per heavy atom. The van der Waals surface area contributed by atoms with Crippen molar-refractivity contribution in [2.45, 2.75) is 46.2 Å². The molecule has 0 fully saturated rings. The van der Waals surface area contributed by atoms with Crippen LogP contribution in [0, 0.1) is 6.92 Å². The Hall–Kier alpha value is -3.22. The van der Waals surface area contributed by atoms with E-state index in [4.69, 9.17) is 4.52 Å². The molecule has 1 aromatic carbocycles. The fraction of sp³-hybridized carbons (Fsp3) is 0.333. The van der Waals surface area contributed by atoms with Crippen molar-refractivity contribution in [2.24, 2.45) is 0 Å². The molecule has 0 aliphatic carbocycles. The lowest BCUT2D eigenvalue weighted by molar-refractivity contribution is -0.141. The van der Waals surface area contributed by atoms with E-state index >= 15 is 0 Å². The molecule has 3 aromatic rings. The molecule has 0 bridgehead atoms. The molecule has 2 aromatic heterocycles. The molecule has 2 heterocycles. The van der Waals surface area contributed by atoms with Crippen LogP contribution in [0.5, 0.6) is 0 Å². The Morgan fingerprint density at radius 1 is 1.18 bits per heavy atom. The Labute approximate surface area is 163 Å². The third-order valence-electron chi connectivity index (χ3n) is 4.74. The molecule has 0 aliphatic heterocycles. The van der Waals surface area contributed by atoms with Crippen LogP contribution >= 0.6 is 0 Å². The quantitative estimate of drug-likeness (QED) is 0.698. The largest absolute Gasteiger partial charge is 0.480 e. The van der Waals surface area contributed by atoms with Gasteiger partial charge in [0.1, 0.15) is 6.04 Å². The highest BCUT2D eigenvalue weighted by Crippen LogP contribution is 2.27. The number of pyridine rings is 1. The Kier molecular flexibility index (Phi) is 5.44. The van der Waals surface area contributed by atoms with Gasteiger partial charge in [0.05, 0.1) is 16.6 Å². The van der Waals surface area contributed by atoms with Crippen LogP contribution in [0.2, 0.25) is 0 Å². The van der Waals surface area contributed by atoms with Crippen LogP contribution in [-0.4, -0.2) is 38.1 Å². The Bertz CT molecular complexity index is 1010. The molecule has 7 nitrogen and oxygen atoms in total. The summed E-state index contributed by atoms with van der Waals surface area (Å²) in [5.74, 6) is -1.39. The fourth-order valence-corrected chi connectivity index (χ4v) is 3.03. The van der Waals surface area contributed by atoms with Gasteiger partial charge in [-0.25, -0.2) is 9.78 Å². The smallest absolute Gasteiger partial charge is 0.326 e. The Balaban J connectivity index is 2.12. The highest BCUT2D eigenvalue weighted by Gasteiger charge is 2.30. The van der Waals surface area contributed by atoms with E-state index in [1.54, 1.807) is 13.0 Å². The number of carboxylic acid groups (broad SMARTS) is 1. The van der Waals surface area contributed by atoms with Gasteiger partial charge >= 0.3 is 5.97 Å². The van der Waals surface area contributed by atoms with E-state index in [-0.39, 0.29) is 24.1 Å². The molecule has 7 heteroatoms. The van der Waals surface area contributed by atoms with E-state index in [0.717, 1.165) is 5.56 Å². The normalized spacial score (nSPS) is 12.3. The van der Waals surface area contributed by atoms with Gasteiger partial charge in [-0.15, -0.1) is 0 Å². The van der Waals surface area contributed by atoms with Crippen molar-refractivity contribution >= 4 is 23.0 Å². The maximum absolute atomic E-state index is 13.5. The number of aliphatic carboxylic acids is 1. The van der Waals surface area contributed by atoms with E-state index in [1.165, 1.54) is 11.8 Å². The number of carbonyl (C=O) groups is 2. The average Bonchev–Trinajstić information content (AvgIpc) is 3.06. The summed E-state index contributed by atoms with van der Waals surface area (Å²) < 4.78 is 5.29. The topological polar surface area (TPSA) is 96.5 Å². The van der Waals surface area contributed by atoms with Crippen molar-refractivity contribution in [3.8, 4) is 0 Å². The third kappa shape index (κ3) is 3.74. The summed E-state index contributed by atoms with van der Waals surface area (Å²) in [6, 6.07) is 10.0. The molecule has 28 heavy (non-hydrogen) atoms. The van der Waals surface area contributed by atoms with Crippen LogP contribution in [0.1, 0.15) is 54.0 Å². The summed E-state index contributed by atoms with van der Waals surface area (Å²) in [7, 11) is 0. The van der Waals surface area contributed by atoms with Crippen LogP contribution in [0.25, 0.3) is 11.1 Å². The number of aryl methyl sites for hydroxylation is 1. The average molecular weight is 381 g/mol. The minimum absolute atomic E-state index is 0.0702. The molecule has 0 radical (unpaired) electrons. The summed E-state index contributed by atoms with van der Waals surface area (Å²) in [5.41, 5.74) is 2.73. The number of nitrogens with zero attached hydrogens (tertiary/aromatic N) is 3. The number of carbonyl (C=O) groups excluding carboxylic acids is 1. The number of rotatable bonds is 6. The van der Waals surface area contributed by atoms with Crippen molar-refractivity contribution in [1.29, 1.82) is 0 Å². The first-order valence-electron chi connectivity index (χ1n) is 9.14. The van der Waals surface area contributed by atoms with Gasteiger partial charge in [0.25, 0.3) is 11.6 Å². The number of aromatic nitrogens is 2. The van der Waals surface area contributed by atoms with Gasteiger partial charge in [-0.3, -0.25) is 4.79 Å². The van der Waals surface area contributed by atoms with Crippen LogP contribution in [0.3, 0.4) is 0 Å². The monoisotopic (exact) mass is 381 g/mol.